The third kappa shape index (κ3) is 4.46. The number of halogens is 1. The summed E-state index contributed by atoms with van der Waals surface area (Å²) < 4.78 is 20.1. The number of aromatic nitrogens is 1. The standard InChI is InChI=1S/C26H20FNO3/c1-31-22-13-8-19(9-14-22)26(30)17-28-16-20(23-4-2-3-5-24(23)28)10-15-25(29)18-6-11-21(27)12-7-18/h2-16H,17H2,1H3/b15-10+. The predicted molar refractivity (Wildman–Crippen MR) is 119 cm³/mol. The lowest BCUT2D eigenvalue weighted by Gasteiger charge is -2.06. The summed E-state index contributed by atoms with van der Waals surface area (Å²) in [5, 5.41) is 0.938. The minimum atomic E-state index is -0.384. The number of hydrogen-bond donors (Lipinski definition) is 0. The first-order valence-electron chi connectivity index (χ1n) is 9.78. The SMILES string of the molecule is COc1ccc(C(=O)Cn2cc(/C=C/C(=O)c3ccc(F)cc3)c3ccccc32)cc1. The Morgan fingerprint density at radius 3 is 2.32 bits per heavy atom. The number of carbonyl (C=O) groups excluding carboxylic acids is 2. The Kier molecular flexibility index (Phi) is 5.76. The highest BCUT2D eigenvalue weighted by molar-refractivity contribution is 6.08. The van der Waals surface area contributed by atoms with Crippen molar-refractivity contribution in [2.24, 2.45) is 0 Å². The largest absolute Gasteiger partial charge is 0.497 e. The molecule has 0 aliphatic heterocycles. The second-order valence-electron chi connectivity index (χ2n) is 7.09. The normalized spacial score (nSPS) is 11.2. The van der Waals surface area contributed by atoms with E-state index in [-0.39, 0.29) is 23.9 Å². The molecular formula is C26H20FNO3. The van der Waals surface area contributed by atoms with Crippen LogP contribution in [-0.4, -0.2) is 23.2 Å². The smallest absolute Gasteiger partial charge is 0.185 e. The topological polar surface area (TPSA) is 48.3 Å². The monoisotopic (exact) mass is 413 g/mol. The third-order valence-corrected chi connectivity index (χ3v) is 5.09. The van der Waals surface area contributed by atoms with Crippen LogP contribution in [0.1, 0.15) is 26.3 Å². The zero-order chi connectivity index (χ0) is 21.8. The maximum absolute atomic E-state index is 13.1. The molecular weight excluding hydrogens is 393 g/mol. The van der Waals surface area contributed by atoms with E-state index in [4.69, 9.17) is 4.74 Å². The number of ether oxygens (including phenoxy) is 1. The van der Waals surface area contributed by atoms with Gasteiger partial charge in [0.05, 0.1) is 13.7 Å². The van der Waals surface area contributed by atoms with Crippen LogP contribution < -0.4 is 4.74 Å². The van der Waals surface area contributed by atoms with Gasteiger partial charge in [-0.05, 0) is 66.7 Å². The maximum Gasteiger partial charge on any atom is 0.185 e. The Labute approximate surface area is 179 Å². The molecule has 0 aliphatic rings. The Morgan fingerprint density at radius 1 is 0.935 bits per heavy atom. The second kappa shape index (κ2) is 8.79. The molecule has 0 radical (unpaired) electrons. The van der Waals surface area contributed by atoms with Gasteiger partial charge in [0.25, 0.3) is 0 Å². The zero-order valence-corrected chi connectivity index (χ0v) is 16.9. The Bertz CT molecular complexity index is 1270. The van der Waals surface area contributed by atoms with E-state index < -0.39 is 0 Å². The van der Waals surface area contributed by atoms with E-state index in [1.165, 1.54) is 30.3 Å². The van der Waals surface area contributed by atoms with Gasteiger partial charge in [-0.15, -0.1) is 0 Å². The third-order valence-electron chi connectivity index (χ3n) is 5.09. The average molecular weight is 413 g/mol. The van der Waals surface area contributed by atoms with Crippen molar-refractivity contribution in [2.75, 3.05) is 7.11 Å². The molecule has 0 saturated heterocycles. The van der Waals surface area contributed by atoms with Gasteiger partial charge in [0.1, 0.15) is 11.6 Å². The Balaban J connectivity index is 1.60. The van der Waals surface area contributed by atoms with Crippen LogP contribution in [0.15, 0.2) is 85.1 Å². The van der Waals surface area contributed by atoms with Crippen molar-refractivity contribution in [2.45, 2.75) is 6.54 Å². The first-order chi connectivity index (χ1) is 15.0. The molecule has 4 nitrogen and oxygen atoms in total. The fourth-order valence-electron chi connectivity index (χ4n) is 3.44. The van der Waals surface area contributed by atoms with E-state index in [0.717, 1.165) is 16.5 Å². The molecule has 0 saturated carbocycles. The van der Waals surface area contributed by atoms with Gasteiger partial charge in [-0.25, -0.2) is 4.39 Å². The van der Waals surface area contributed by atoms with Crippen molar-refractivity contribution in [1.29, 1.82) is 0 Å². The van der Waals surface area contributed by atoms with E-state index in [2.05, 4.69) is 0 Å². The lowest BCUT2D eigenvalue weighted by molar-refractivity contribution is 0.0972. The minimum Gasteiger partial charge on any atom is -0.497 e. The Morgan fingerprint density at radius 2 is 1.61 bits per heavy atom. The molecule has 0 unspecified atom stereocenters. The first kappa shape index (κ1) is 20.3. The molecule has 0 N–H and O–H groups in total. The maximum atomic E-state index is 13.1. The van der Waals surface area contributed by atoms with Crippen molar-refractivity contribution < 1.29 is 18.7 Å². The number of carbonyl (C=O) groups is 2. The molecule has 1 heterocycles. The number of methoxy groups -OCH3 is 1. The number of Topliss-reactive ketones (excluding diaryl/α,β-unsaturated/α-hetero) is 1. The summed E-state index contributed by atoms with van der Waals surface area (Å²) in [6.07, 6.45) is 5.05. The predicted octanol–water partition coefficient (Wildman–Crippen LogP) is 5.57. The van der Waals surface area contributed by atoms with Gasteiger partial charge in [0.15, 0.2) is 11.6 Å². The van der Waals surface area contributed by atoms with Crippen LogP contribution >= 0.6 is 0 Å². The number of rotatable bonds is 7. The van der Waals surface area contributed by atoms with Gasteiger partial charge < -0.3 is 9.30 Å². The molecule has 4 aromatic rings. The summed E-state index contributed by atoms with van der Waals surface area (Å²) >= 11 is 0. The van der Waals surface area contributed by atoms with Gasteiger partial charge in [-0.3, -0.25) is 9.59 Å². The van der Waals surface area contributed by atoms with E-state index in [1.54, 1.807) is 37.5 Å². The quantitative estimate of drug-likeness (QED) is 0.294. The van der Waals surface area contributed by atoms with E-state index in [9.17, 15) is 14.0 Å². The highest BCUT2D eigenvalue weighted by atomic mass is 19.1. The van der Waals surface area contributed by atoms with Crippen molar-refractivity contribution in [3.05, 3.63) is 108 Å². The van der Waals surface area contributed by atoms with Crippen molar-refractivity contribution in [1.82, 2.24) is 4.57 Å². The van der Waals surface area contributed by atoms with Crippen molar-refractivity contribution >= 4 is 28.5 Å². The summed E-state index contributed by atoms with van der Waals surface area (Å²) in [4.78, 5) is 25.2. The van der Waals surface area contributed by atoms with E-state index in [0.29, 0.717) is 16.9 Å². The zero-order valence-electron chi connectivity index (χ0n) is 16.9. The van der Waals surface area contributed by atoms with Crippen LogP contribution in [0.3, 0.4) is 0 Å². The number of para-hydroxylation sites is 1. The van der Waals surface area contributed by atoms with Crippen molar-refractivity contribution in [3.63, 3.8) is 0 Å². The number of nitrogens with zero attached hydrogens (tertiary/aromatic N) is 1. The van der Waals surface area contributed by atoms with Gasteiger partial charge in [0, 0.05) is 33.8 Å². The number of allylic oxidation sites excluding steroid dienone is 1. The summed E-state index contributed by atoms with van der Waals surface area (Å²) in [6.45, 7) is 0.173. The summed E-state index contributed by atoms with van der Waals surface area (Å²) in [7, 11) is 1.58. The highest BCUT2D eigenvalue weighted by Crippen LogP contribution is 2.23. The van der Waals surface area contributed by atoms with Gasteiger partial charge >= 0.3 is 0 Å². The molecule has 4 rings (SSSR count). The molecule has 5 heteroatoms. The molecule has 0 fully saturated rings. The fourth-order valence-corrected chi connectivity index (χ4v) is 3.44. The summed E-state index contributed by atoms with van der Waals surface area (Å²) in [6, 6.07) is 20.2. The van der Waals surface area contributed by atoms with Crippen LogP contribution in [0.2, 0.25) is 0 Å². The Hall–Kier alpha value is -3.99. The van der Waals surface area contributed by atoms with E-state index >= 15 is 0 Å². The summed E-state index contributed by atoms with van der Waals surface area (Å²) in [5.74, 6) is 0.0683. The molecule has 3 aromatic carbocycles. The number of ketones is 2. The average Bonchev–Trinajstić information content (AvgIpc) is 3.15. The molecule has 0 atom stereocenters. The first-order valence-corrected chi connectivity index (χ1v) is 9.78. The number of hydrogen-bond acceptors (Lipinski definition) is 3. The molecule has 0 aliphatic carbocycles. The van der Waals surface area contributed by atoms with Gasteiger partial charge in [0.2, 0.25) is 0 Å². The number of fused-ring (bicyclic) bond motifs is 1. The lowest BCUT2D eigenvalue weighted by Crippen LogP contribution is -2.09. The molecule has 1 aromatic heterocycles. The van der Waals surface area contributed by atoms with Crippen LogP contribution in [0, 0.1) is 5.82 Å². The second-order valence-corrected chi connectivity index (χ2v) is 7.09. The molecule has 31 heavy (non-hydrogen) atoms. The molecule has 154 valence electrons. The minimum absolute atomic E-state index is 0.0266. The van der Waals surface area contributed by atoms with Gasteiger partial charge in [-0.1, -0.05) is 18.2 Å². The van der Waals surface area contributed by atoms with Crippen LogP contribution in [0.5, 0.6) is 5.75 Å². The van der Waals surface area contributed by atoms with Crippen LogP contribution in [0.4, 0.5) is 4.39 Å². The molecule has 0 bridgehead atoms. The summed E-state index contributed by atoms with van der Waals surface area (Å²) in [5.41, 5.74) is 2.74. The van der Waals surface area contributed by atoms with Gasteiger partial charge in [-0.2, -0.15) is 0 Å². The fraction of sp³-hybridized carbons (Fsp3) is 0.0769. The van der Waals surface area contributed by atoms with Crippen LogP contribution in [-0.2, 0) is 6.54 Å². The molecule has 0 spiro atoms. The van der Waals surface area contributed by atoms with Crippen LogP contribution in [0.25, 0.3) is 17.0 Å². The molecule has 0 amide bonds. The highest BCUT2D eigenvalue weighted by Gasteiger charge is 2.12. The number of benzene rings is 3. The van der Waals surface area contributed by atoms with Crippen molar-refractivity contribution in [3.8, 4) is 5.75 Å². The van der Waals surface area contributed by atoms with E-state index in [1.807, 2.05) is 35.0 Å². The lowest BCUT2D eigenvalue weighted by atomic mass is 10.1.